The first kappa shape index (κ1) is 18.4. The first-order valence-corrected chi connectivity index (χ1v) is 9.60. The number of rotatable bonds is 10. The zero-order chi connectivity index (χ0) is 15.7. The van der Waals surface area contributed by atoms with Gasteiger partial charge in [-0.1, -0.05) is 12.1 Å². The fraction of sp³-hybridized carbons (Fsp3) is 0.538. The van der Waals surface area contributed by atoms with Crippen LogP contribution < -0.4 is 5.73 Å². The minimum atomic E-state index is -3.48. The molecule has 1 rings (SSSR count). The zero-order valence-electron chi connectivity index (χ0n) is 12.4. The van der Waals surface area contributed by atoms with Crippen molar-refractivity contribution in [1.29, 1.82) is 0 Å². The van der Waals surface area contributed by atoms with Crippen LogP contribution in [0.4, 0.5) is 5.69 Å². The van der Waals surface area contributed by atoms with E-state index in [-0.39, 0.29) is 19.8 Å². The summed E-state index contributed by atoms with van der Waals surface area (Å²) in [4.78, 5) is 0. The van der Waals surface area contributed by atoms with Gasteiger partial charge in [0.25, 0.3) is 0 Å². The molecule has 0 aromatic heterocycles. The fourth-order valence-corrected chi connectivity index (χ4v) is 4.43. The molecule has 2 N–H and O–H groups in total. The molecule has 0 bridgehead atoms. The van der Waals surface area contributed by atoms with E-state index in [4.69, 9.17) is 19.5 Å². The third kappa shape index (κ3) is 5.93. The molecular formula is C13H23NO5P2. The molecule has 0 aliphatic rings. The minimum absolute atomic E-state index is 0.217. The Morgan fingerprint density at radius 2 is 1.76 bits per heavy atom. The maximum absolute atomic E-state index is 12.5. The van der Waals surface area contributed by atoms with Gasteiger partial charge < -0.3 is 24.1 Å². The smallest absolute Gasteiger partial charge is 0.366 e. The molecule has 0 saturated carbocycles. The average molecular weight is 335 g/mol. The van der Waals surface area contributed by atoms with Crippen molar-refractivity contribution in [2.24, 2.45) is 0 Å². The van der Waals surface area contributed by atoms with Crippen LogP contribution in [-0.4, -0.2) is 25.4 Å². The molecule has 0 aliphatic carbocycles. The Hall–Kier alpha value is -0.640. The van der Waals surface area contributed by atoms with Gasteiger partial charge in [-0.05, 0) is 38.0 Å². The van der Waals surface area contributed by atoms with Crippen LogP contribution in [0.1, 0.15) is 19.4 Å². The highest BCUT2D eigenvalue weighted by Crippen LogP contribution is 2.57. The third-order valence-corrected chi connectivity index (χ3v) is 6.60. The van der Waals surface area contributed by atoms with Gasteiger partial charge in [-0.25, -0.2) is 0 Å². The highest BCUT2D eigenvalue weighted by molar-refractivity contribution is 7.63. The molecule has 0 amide bonds. The molecular weight excluding hydrogens is 312 g/mol. The Balaban J connectivity index is 2.58. The predicted molar refractivity (Wildman–Crippen MR) is 85.6 cm³/mol. The molecule has 1 aromatic carbocycles. The van der Waals surface area contributed by atoms with Crippen molar-refractivity contribution in [3.05, 3.63) is 29.8 Å². The second kappa shape index (κ2) is 9.39. The van der Waals surface area contributed by atoms with Crippen LogP contribution in [0.3, 0.4) is 0 Å². The number of ether oxygens (including phenoxy) is 1. The Labute approximate surface area is 126 Å². The summed E-state index contributed by atoms with van der Waals surface area (Å²) in [5.41, 5.74) is 6.34. The van der Waals surface area contributed by atoms with Gasteiger partial charge in [-0.2, -0.15) is 0 Å². The molecule has 0 heterocycles. The maximum Gasteiger partial charge on any atom is 0.366 e. The van der Waals surface area contributed by atoms with Crippen molar-refractivity contribution in [2.75, 3.05) is 25.6 Å². The molecule has 1 unspecified atom stereocenters. The topological polar surface area (TPSA) is 87.8 Å². The average Bonchev–Trinajstić information content (AvgIpc) is 2.46. The van der Waals surface area contributed by atoms with E-state index < -0.39 is 21.6 Å². The Morgan fingerprint density at radius 1 is 1.19 bits per heavy atom. The molecule has 120 valence electrons. The third-order valence-electron chi connectivity index (χ3n) is 2.71. The van der Waals surface area contributed by atoms with Crippen molar-refractivity contribution < 1.29 is 22.9 Å². The summed E-state index contributed by atoms with van der Waals surface area (Å²) in [5.74, 6) is 0. The van der Waals surface area contributed by atoms with Gasteiger partial charge in [0.15, 0.2) is 0 Å². The van der Waals surface area contributed by atoms with Crippen LogP contribution in [0.5, 0.6) is 0 Å². The monoisotopic (exact) mass is 335 g/mol. The molecule has 0 aliphatic heterocycles. The van der Waals surface area contributed by atoms with E-state index in [1.807, 2.05) is 12.1 Å². The summed E-state index contributed by atoms with van der Waals surface area (Å²) in [6.45, 7) is 4.13. The molecule has 2 atom stereocenters. The number of anilines is 1. The van der Waals surface area contributed by atoms with Crippen molar-refractivity contribution in [1.82, 2.24) is 0 Å². The highest BCUT2D eigenvalue weighted by Gasteiger charge is 2.35. The standard InChI is InChI=1S/C13H23NO5P2/c1-3-18-21(16,19-4-2)13(20-15)17-10-9-11-5-7-12(14)8-6-11/h5-8,13H,3-4,9-10,14,20H2,1-2H3/t13-/m1/s1. The zero-order valence-corrected chi connectivity index (χ0v) is 14.4. The number of nitrogens with two attached hydrogens (primary N) is 1. The van der Waals surface area contributed by atoms with Crippen LogP contribution >= 0.6 is 16.1 Å². The van der Waals surface area contributed by atoms with E-state index in [0.29, 0.717) is 12.1 Å². The molecule has 0 spiro atoms. The van der Waals surface area contributed by atoms with Gasteiger partial charge in [0, 0.05) is 5.69 Å². The van der Waals surface area contributed by atoms with Gasteiger partial charge in [-0.3, -0.25) is 4.57 Å². The van der Waals surface area contributed by atoms with Gasteiger partial charge in [0.2, 0.25) is 5.59 Å². The van der Waals surface area contributed by atoms with Crippen LogP contribution in [0, 0.1) is 0 Å². The first-order chi connectivity index (χ1) is 10.1. The summed E-state index contributed by atoms with van der Waals surface area (Å²) in [5, 5.41) is 0. The highest BCUT2D eigenvalue weighted by atomic mass is 31.2. The normalized spacial score (nSPS) is 13.8. The predicted octanol–water partition coefficient (Wildman–Crippen LogP) is 3.13. The molecule has 21 heavy (non-hydrogen) atoms. The molecule has 1 aromatic rings. The number of hydrogen-bond donors (Lipinski definition) is 1. The summed E-state index contributed by atoms with van der Waals surface area (Å²) in [6, 6.07) is 7.39. The minimum Gasteiger partial charge on any atom is -0.399 e. The van der Waals surface area contributed by atoms with E-state index in [1.165, 1.54) is 0 Å². The molecule has 6 nitrogen and oxygen atoms in total. The van der Waals surface area contributed by atoms with E-state index in [2.05, 4.69) is 0 Å². The molecule has 0 fully saturated rings. The first-order valence-electron chi connectivity index (χ1n) is 6.85. The lowest BCUT2D eigenvalue weighted by Gasteiger charge is -2.22. The lowest BCUT2D eigenvalue weighted by Crippen LogP contribution is -2.13. The molecule has 8 heteroatoms. The summed E-state index contributed by atoms with van der Waals surface area (Å²) in [6.07, 6.45) is 0.606. The lowest BCUT2D eigenvalue weighted by atomic mass is 10.1. The second-order valence-corrected chi connectivity index (χ2v) is 7.81. The number of nitrogen functional groups attached to an aromatic ring is 1. The Bertz CT molecular complexity index is 470. The number of benzene rings is 1. The lowest BCUT2D eigenvalue weighted by molar-refractivity contribution is 0.114. The Kier molecular flexibility index (Phi) is 8.23. The van der Waals surface area contributed by atoms with Crippen molar-refractivity contribution in [3.8, 4) is 0 Å². The van der Waals surface area contributed by atoms with Crippen molar-refractivity contribution >= 4 is 21.7 Å². The van der Waals surface area contributed by atoms with E-state index in [1.54, 1.807) is 26.0 Å². The van der Waals surface area contributed by atoms with Crippen LogP contribution in [0.15, 0.2) is 24.3 Å². The van der Waals surface area contributed by atoms with E-state index in [9.17, 15) is 9.13 Å². The van der Waals surface area contributed by atoms with Crippen LogP contribution in [-0.2, 0) is 29.3 Å². The number of hydrogen-bond acceptors (Lipinski definition) is 6. The van der Waals surface area contributed by atoms with Gasteiger partial charge in [0.1, 0.15) is 8.46 Å². The van der Waals surface area contributed by atoms with Gasteiger partial charge >= 0.3 is 7.60 Å². The molecule has 0 saturated heterocycles. The summed E-state index contributed by atoms with van der Waals surface area (Å²) in [7, 11) is -4.90. The van der Waals surface area contributed by atoms with Gasteiger partial charge in [-0.15, -0.1) is 0 Å². The van der Waals surface area contributed by atoms with Crippen molar-refractivity contribution in [3.63, 3.8) is 0 Å². The quantitative estimate of drug-likeness (QED) is 0.522. The van der Waals surface area contributed by atoms with Gasteiger partial charge in [0.05, 0.1) is 19.8 Å². The summed E-state index contributed by atoms with van der Waals surface area (Å²) < 4.78 is 39.6. The van der Waals surface area contributed by atoms with E-state index >= 15 is 0 Å². The second-order valence-electron chi connectivity index (χ2n) is 4.26. The van der Waals surface area contributed by atoms with Crippen LogP contribution in [0.25, 0.3) is 0 Å². The Morgan fingerprint density at radius 3 is 2.24 bits per heavy atom. The SMILES string of the molecule is CCOP(=O)(OCC)[C@H](OCCc1ccc(N)cc1)[PH2]=O. The molecule has 0 radical (unpaired) electrons. The largest absolute Gasteiger partial charge is 0.399 e. The van der Waals surface area contributed by atoms with E-state index in [0.717, 1.165) is 5.56 Å². The van der Waals surface area contributed by atoms with Crippen LogP contribution in [0.2, 0.25) is 0 Å². The maximum atomic E-state index is 12.5. The summed E-state index contributed by atoms with van der Waals surface area (Å²) >= 11 is 0. The van der Waals surface area contributed by atoms with Crippen molar-refractivity contribution in [2.45, 2.75) is 25.9 Å². The fourth-order valence-electron chi connectivity index (χ4n) is 1.73.